The predicted molar refractivity (Wildman–Crippen MR) is 97.1 cm³/mol. The van der Waals surface area contributed by atoms with Crippen molar-refractivity contribution in [1.29, 1.82) is 0 Å². The third kappa shape index (κ3) is 3.07. The van der Waals surface area contributed by atoms with E-state index >= 15 is 0 Å². The zero-order valence-corrected chi connectivity index (χ0v) is 14.6. The zero-order chi connectivity index (χ0) is 18.3. The highest BCUT2D eigenvalue weighted by molar-refractivity contribution is 6.02. The van der Waals surface area contributed by atoms with Crippen molar-refractivity contribution in [2.24, 2.45) is 0 Å². The summed E-state index contributed by atoms with van der Waals surface area (Å²) in [6, 6.07) is 14.4. The van der Waals surface area contributed by atoms with Gasteiger partial charge in [-0.05, 0) is 42.5 Å². The molecule has 0 radical (unpaired) electrons. The van der Waals surface area contributed by atoms with Gasteiger partial charge in [-0.25, -0.2) is 4.39 Å². The van der Waals surface area contributed by atoms with Crippen LogP contribution in [0.1, 0.15) is 47.8 Å². The summed E-state index contributed by atoms with van der Waals surface area (Å²) in [7, 11) is 0. The number of hydrogen-bond donors (Lipinski definition) is 1. The maximum atomic E-state index is 13.7. The van der Waals surface area contributed by atoms with Crippen molar-refractivity contribution in [2.45, 2.75) is 38.0 Å². The lowest BCUT2D eigenvalue weighted by atomic mass is 9.73. The maximum absolute atomic E-state index is 13.7. The minimum atomic E-state index is -0.360. The van der Waals surface area contributed by atoms with Crippen molar-refractivity contribution in [2.75, 3.05) is 0 Å². The molecule has 0 saturated heterocycles. The van der Waals surface area contributed by atoms with Crippen LogP contribution in [-0.2, 0) is 9.59 Å². The Bertz CT molecular complexity index is 914. The Morgan fingerprint density at radius 3 is 2.46 bits per heavy atom. The van der Waals surface area contributed by atoms with Crippen LogP contribution >= 0.6 is 0 Å². The normalized spacial score (nSPS) is 22.8. The molecule has 1 heterocycles. The standard InChI is InChI=1S/C22H20FNO2/c1-13-5-7-14(8-6-13)16-10-19-22(20(25)11-16)18(12-21(26)24-19)15-3-2-4-17(23)9-15/h2-9,16,18H,10-12H2,1H3,(H,24,26). The number of halogens is 1. The molecule has 1 aliphatic heterocycles. The van der Waals surface area contributed by atoms with E-state index in [0.29, 0.717) is 29.7 Å². The molecule has 2 atom stereocenters. The second-order valence-electron chi connectivity index (χ2n) is 7.19. The lowest BCUT2D eigenvalue weighted by Crippen LogP contribution is -2.38. The van der Waals surface area contributed by atoms with Gasteiger partial charge >= 0.3 is 0 Å². The van der Waals surface area contributed by atoms with Gasteiger partial charge in [0.25, 0.3) is 0 Å². The third-order valence-electron chi connectivity index (χ3n) is 5.34. The molecule has 4 rings (SSSR count). The Labute approximate surface area is 151 Å². The van der Waals surface area contributed by atoms with E-state index in [1.54, 1.807) is 12.1 Å². The summed E-state index contributed by atoms with van der Waals surface area (Å²) in [4.78, 5) is 25.2. The van der Waals surface area contributed by atoms with Crippen molar-refractivity contribution < 1.29 is 14.0 Å². The number of amides is 1. The molecule has 132 valence electrons. The Kier molecular flexibility index (Phi) is 4.19. The number of carbonyl (C=O) groups excluding carboxylic acids is 2. The lowest BCUT2D eigenvalue weighted by Gasteiger charge is -2.34. The molecule has 0 fully saturated rings. The third-order valence-corrected chi connectivity index (χ3v) is 5.34. The zero-order valence-electron chi connectivity index (χ0n) is 14.6. The lowest BCUT2D eigenvalue weighted by molar-refractivity contribution is -0.122. The summed E-state index contributed by atoms with van der Waals surface area (Å²) >= 11 is 0. The highest BCUT2D eigenvalue weighted by atomic mass is 19.1. The van der Waals surface area contributed by atoms with E-state index in [1.165, 1.54) is 17.7 Å². The average Bonchev–Trinajstić information content (AvgIpc) is 2.61. The molecular formula is C22H20FNO2. The Hall–Kier alpha value is -2.75. The first kappa shape index (κ1) is 16.7. The molecule has 2 aromatic carbocycles. The largest absolute Gasteiger partial charge is 0.329 e. The molecule has 2 aromatic rings. The van der Waals surface area contributed by atoms with Gasteiger partial charge in [0.1, 0.15) is 5.82 Å². The fraction of sp³-hybridized carbons (Fsp3) is 0.273. The molecule has 1 aliphatic carbocycles. The van der Waals surface area contributed by atoms with Crippen LogP contribution in [0.4, 0.5) is 4.39 Å². The first-order chi connectivity index (χ1) is 12.5. The number of hydrogen-bond acceptors (Lipinski definition) is 2. The van der Waals surface area contributed by atoms with Crippen LogP contribution in [0.5, 0.6) is 0 Å². The molecule has 1 N–H and O–H groups in total. The van der Waals surface area contributed by atoms with Gasteiger partial charge in [-0.15, -0.1) is 0 Å². The number of aryl methyl sites for hydroxylation is 1. The number of ketones is 1. The van der Waals surface area contributed by atoms with Crippen LogP contribution < -0.4 is 5.32 Å². The minimum absolute atomic E-state index is 0.0473. The molecule has 0 bridgehead atoms. The summed E-state index contributed by atoms with van der Waals surface area (Å²) in [5.74, 6) is -0.716. The number of nitrogens with one attached hydrogen (secondary N) is 1. The summed E-state index contributed by atoms with van der Waals surface area (Å²) in [6.07, 6.45) is 1.23. The molecule has 1 amide bonds. The molecular weight excluding hydrogens is 329 g/mol. The van der Waals surface area contributed by atoms with E-state index < -0.39 is 0 Å². The highest BCUT2D eigenvalue weighted by Gasteiger charge is 2.38. The van der Waals surface area contributed by atoms with E-state index in [4.69, 9.17) is 0 Å². The topological polar surface area (TPSA) is 46.2 Å². The van der Waals surface area contributed by atoms with Crippen LogP contribution in [-0.4, -0.2) is 11.7 Å². The number of carbonyl (C=O) groups is 2. The average molecular weight is 349 g/mol. The van der Waals surface area contributed by atoms with Crippen LogP contribution in [0.2, 0.25) is 0 Å². The molecule has 2 aliphatic rings. The highest BCUT2D eigenvalue weighted by Crippen LogP contribution is 2.42. The number of Topliss-reactive ketones (excluding diaryl/α,β-unsaturated/α-hetero) is 1. The molecule has 0 aromatic heterocycles. The van der Waals surface area contributed by atoms with Crippen LogP contribution in [0.15, 0.2) is 59.8 Å². The molecule has 2 unspecified atom stereocenters. The second kappa shape index (κ2) is 6.52. The van der Waals surface area contributed by atoms with E-state index in [-0.39, 0.29) is 35.8 Å². The molecule has 0 spiro atoms. The van der Waals surface area contributed by atoms with Gasteiger partial charge in [0.2, 0.25) is 5.91 Å². The Morgan fingerprint density at radius 1 is 0.962 bits per heavy atom. The number of rotatable bonds is 2. The molecule has 26 heavy (non-hydrogen) atoms. The predicted octanol–water partition coefficient (Wildman–Crippen LogP) is 4.14. The minimum Gasteiger partial charge on any atom is -0.329 e. The van der Waals surface area contributed by atoms with E-state index in [9.17, 15) is 14.0 Å². The Balaban J connectivity index is 1.71. The first-order valence-electron chi connectivity index (χ1n) is 8.89. The van der Waals surface area contributed by atoms with Gasteiger partial charge in [0.15, 0.2) is 5.78 Å². The molecule has 3 nitrogen and oxygen atoms in total. The summed E-state index contributed by atoms with van der Waals surface area (Å²) < 4.78 is 13.7. The van der Waals surface area contributed by atoms with Crippen molar-refractivity contribution in [1.82, 2.24) is 5.32 Å². The summed E-state index contributed by atoms with van der Waals surface area (Å²) in [6.45, 7) is 2.03. The molecule has 4 heteroatoms. The van der Waals surface area contributed by atoms with Gasteiger partial charge in [-0.1, -0.05) is 42.0 Å². The van der Waals surface area contributed by atoms with Gasteiger partial charge in [0.05, 0.1) is 0 Å². The van der Waals surface area contributed by atoms with Crippen molar-refractivity contribution in [3.8, 4) is 0 Å². The molecule has 0 saturated carbocycles. The van der Waals surface area contributed by atoms with Crippen LogP contribution in [0, 0.1) is 12.7 Å². The summed E-state index contributed by atoms with van der Waals surface area (Å²) in [5, 5.41) is 2.90. The van der Waals surface area contributed by atoms with E-state index in [0.717, 1.165) is 5.56 Å². The monoisotopic (exact) mass is 349 g/mol. The van der Waals surface area contributed by atoms with E-state index in [2.05, 4.69) is 5.32 Å². The van der Waals surface area contributed by atoms with Gasteiger partial charge < -0.3 is 5.32 Å². The second-order valence-corrected chi connectivity index (χ2v) is 7.19. The first-order valence-corrected chi connectivity index (χ1v) is 8.89. The SMILES string of the molecule is Cc1ccc(C2CC(=O)C3=C(C2)NC(=O)CC3c2cccc(F)c2)cc1. The van der Waals surface area contributed by atoms with Crippen molar-refractivity contribution in [3.05, 3.63) is 82.3 Å². The van der Waals surface area contributed by atoms with Crippen molar-refractivity contribution in [3.63, 3.8) is 0 Å². The van der Waals surface area contributed by atoms with Crippen LogP contribution in [0.25, 0.3) is 0 Å². The fourth-order valence-corrected chi connectivity index (χ4v) is 4.04. The fourth-order valence-electron chi connectivity index (χ4n) is 4.04. The number of allylic oxidation sites excluding steroid dienone is 2. The van der Waals surface area contributed by atoms with E-state index in [1.807, 2.05) is 31.2 Å². The smallest absolute Gasteiger partial charge is 0.225 e. The van der Waals surface area contributed by atoms with Crippen LogP contribution in [0.3, 0.4) is 0 Å². The number of benzene rings is 2. The van der Waals surface area contributed by atoms with Gasteiger partial charge in [-0.2, -0.15) is 0 Å². The van der Waals surface area contributed by atoms with Gasteiger partial charge in [0, 0.05) is 30.0 Å². The summed E-state index contributed by atoms with van der Waals surface area (Å²) in [5.41, 5.74) is 4.33. The Morgan fingerprint density at radius 2 is 1.73 bits per heavy atom. The maximum Gasteiger partial charge on any atom is 0.225 e. The van der Waals surface area contributed by atoms with Crippen molar-refractivity contribution >= 4 is 11.7 Å². The van der Waals surface area contributed by atoms with Gasteiger partial charge in [-0.3, -0.25) is 9.59 Å². The quantitative estimate of drug-likeness (QED) is 0.886.